The number of aliphatic hydroxyl groups is 1. The van der Waals surface area contributed by atoms with Crippen molar-refractivity contribution in [1.29, 1.82) is 5.26 Å². The van der Waals surface area contributed by atoms with Crippen LogP contribution in [0.3, 0.4) is 0 Å². The standard InChI is InChI=1S/C24H20N6O2S/c25-8-20-22(16-5-6-27-11-21(16)33-20)19-7-17-18(10-28-24(26)23(17)32-19)13-9-29-30(12-13)14-1-3-15(31)4-2-14/h5-7,9-12,14-15,31H,1-4H2,(H2,26,28)/t14-,15-. The van der Waals surface area contributed by atoms with Crippen molar-refractivity contribution in [3.63, 3.8) is 0 Å². The normalized spacial score (nSPS) is 18.7. The summed E-state index contributed by atoms with van der Waals surface area (Å²) in [5, 5.41) is 25.9. The molecule has 0 aromatic carbocycles. The molecule has 3 N–H and O–H groups in total. The third-order valence-electron chi connectivity index (χ3n) is 6.38. The zero-order valence-corrected chi connectivity index (χ0v) is 18.4. The Hall–Kier alpha value is -3.74. The number of nitrogens with two attached hydrogens (primary N) is 1. The van der Waals surface area contributed by atoms with Crippen molar-refractivity contribution in [2.75, 3.05) is 5.73 Å². The van der Waals surface area contributed by atoms with E-state index < -0.39 is 0 Å². The molecule has 0 radical (unpaired) electrons. The average molecular weight is 457 g/mol. The Kier molecular flexibility index (Phi) is 4.64. The van der Waals surface area contributed by atoms with Gasteiger partial charge in [-0.2, -0.15) is 10.4 Å². The Balaban J connectivity index is 1.47. The highest BCUT2D eigenvalue weighted by Crippen LogP contribution is 2.43. The van der Waals surface area contributed by atoms with Crippen molar-refractivity contribution in [3.05, 3.63) is 48.0 Å². The summed E-state index contributed by atoms with van der Waals surface area (Å²) in [6.07, 6.45) is 12.3. The first-order valence-electron chi connectivity index (χ1n) is 10.8. The van der Waals surface area contributed by atoms with Crippen LogP contribution >= 0.6 is 11.3 Å². The molecule has 1 saturated carbocycles. The fraction of sp³-hybridized carbons (Fsp3) is 0.250. The molecule has 5 heterocycles. The van der Waals surface area contributed by atoms with Gasteiger partial charge in [0.1, 0.15) is 16.7 Å². The van der Waals surface area contributed by atoms with Crippen molar-refractivity contribution in [3.8, 4) is 28.5 Å². The van der Waals surface area contributed by atoms with E-state index in [0.29, 0.717) is 22.0 Å². The summed E-state index contributed by atoms with van der Waals surface area (Å²) in [4.78, 5) is 9.09. The number of fused-ring (bicyclic) bond motifs is 2. The summed E-state index contributed by atoms with van der Waals surface area (Å²) in [5.74, 6) is 0.877. The predicted octanol–water partition coefficient (Wildman–Crippen LogP) is 4.90. The van der Waals surface area contributed by atoms with Crippen LogP contribution < -0.4 is 5.73 Å². The van der Waals surface area contributed by atoms with E-state index in [0.717, 1.165) is 57.8 Å². The predicted molar refractivity (Wildman–Crippen MR) is 126 cm³/mol. The summed E-state index contributed by atoms with van der Waals surface area (Å²) in [6.45, 7) is 0. The van der Waals surface area contributed by atoms with Crippen molar-refractivity contribution in [2.24, 2.45) is 0 Å². The minimum absolute atomic E-state index is 0.205. The molecule has 5 aromatic rings. The highest BCUT2D eigenvalue weighted by Gasteiger charge is 2.23. The Morgan fingerprint density at radius 3 is 2.85 bits per heavy atom. The fourth-order valence-electron chi connectivity index (χ4n) is 4.67. The second-order valence-electron chi connectivity index (χ2n) is 8.37. The topological polar surface area (TPSA) is 127 Å². The van der Waals surface area contributed by atoms with Crippen LogP contribution in [0.15, 0.2) is 47.5 Å². The number of nitriles is 1. The second kappa shape index (κ2) is 7.69. The molecule has 1 fully saturated rings. The van der Waals surface area contributed by atoms with E-state index in [2.05, 4.69) is 21.1 Å². The largest absolute Gasteiger partial charge is 0.452 e. The molecule has 0 amide bonds. The maximum absolute atomic E-state index is 9.80. The van der Waals surface area contributed by atoms with Crippen LogP contribution in [0.4, 0.5) is 5.82 Å². The lowest BCUT2D eigenvalue weighted by atomic mass is 9.93. The fourth-order valence-corrected chi connectivity index (χ4v) is 5.64. The molecule has 0 unspecified atom stereocenters. The maximum Gasteiger partial charge on any atom is 0.177 e. The number of furan rings is 1. The first kappa shape index (κ1) is 19.9. The smallest absolute Gasteiger partial charge is 0.177 e. The van der Waals surface area contributed by atoms with Crippen LogP contribution in [-0.2, 0) is 0 Å². The van der Waals surface area contributed by atoms with E-state index >= 15 is 0 Å². The number of aromatic nitrogens is 4. The van der Waals surface area contributed by atoms with Crippen LogP contribution in [0, 0.1) is 11.3 Å². The van der Waals surface area contributed by atoms with E-state index in [1.807, 2.05) is 29.2 Å². The van der Waals surface area contributed by atoms with Gasteiger partial charge in [-0.1, -0.05) is 0 Å². The summed E-state index contributed by atoms with van der Waals surface area (Å²) in [6, 6.07) is 6.39. The zero-order chi connectivity index (χ0) is 22.5. The average Bonchev–Trinajstić information content (AvgIpc) is 3.56. The van der Waals surface area contributed by atoms with E-state index in [1.54, 1.807) is 18.6 Å². The van der Waals surface area contributed by atoms with Crippen LogP contribution in [0.25, 0.3) is 43.5 Å². The Bertz CT molecular complexity index is 1530. The van der Waals surface area contributed by atoms with Crippen LogP contribution in [0.5, 0.6) is 0 Å². The molecule has 0 saturated heterocycles. The van der Waals surface area contributed by atoms with Gasteiger partial charge >= 0.3 is 0 Å². The lowest BCUT2D eigenvalue weighted by molar-refractivity contribution is 0.108. The van der Waals surface area contributed by atoms with E-state index in [1.165, 1.54) is 11.3 Å². The van der Waals surface area contributed by atoms with Gasteiger partial charge in [0.15, 0.2) is 11.4 Å². The van der Waals surface area contributed by atoms with Crippen molar-refractivity contribution < 1.29 is 9.52 Å². The number of rotatable bonds is 3. The number of hydrogen-bond acceptors (Lipinski definition) is 8. The minimum Gasteiger partial charge on any atom is -0.452 e. The van der Waals surface area contributed by atoms with Gasteiger partial charge in [-0.25, -0.2) is 4.98 Å². The van der Waals surface area contributed by atoms with Gasteiger partial charge in [-0.15, -0.1) is 11.3 Å². The quantitative estimate of drug-likeness (QED) is 0.395. The Labute approximate surface area is 192 Å². The third kappa shape index (κ3) is 3.26. The number of aliphatic hydroxyl groups excluding tert-OH is 1. The van der Waals surface area contributed by atoms with Gasteiger partial charge in [0, 0.05) is 46.7 Å². The highest BCUT2D eigenvalue weighted by atomic mass is 32.1. The van der Waals surface area contributed by atoms with E-state index in [9.17, 15) is 10.4 Å². The number of pyridine rings is 2. The molecular weight excluding hydrogens is 436 g/mol. The Morgan fingerprint density at radius 2 is 2.03 bits per heavy atom. The maximum atomic E-state index is 9.80. The molecule has 0 atom stereocenters. The number of nitrogen functional groups attached to an aromatic ring is 1. The number of anilines is 1. The lowest BCUT2D eigenvalue weighted by Gasteiger charge is -2.25. The minimum atomic E-state index is -0.205. The molecule has 1 aliphatic carbocycles. The number of thiophene rings is 1. The van der Waals surface area contributed by atoms with Crippen LogP contribution in [-0.4, -0.2) is 31.0 Å². The molecule has 1 aliphatic rings. The third-order valence-corrected chi connectivity index (χ3v) is 7.43. The molecule has 33 heavy (non-hydrogen) atoms. The molecular formula is C24H20N6O2S. The molecule has 0 spiro atoms. The van der Waals surface area contributed by atoms with Gasteiger partial charge in [-0.05, 0) is 37.8 Å². The SMILES string of the molecule is N#Cc1sc2cnccc2c1-c1cc2c(-c3cnn([C@H]4CC[C@H](O)CC4)c3)cnc(N)c2o1. The molecule has 164 valence electrons. The number of hydrogen-bond donors (Lipinski definition) is 2. The highest BCUT2D eigenvalue weighted by molar-refractivity contribution is 7.20. The van der Waals surface area contributed by atoms with Gasteiger partial charge < -0.3 is 15.3 Å². The molecule has 0 bridgehead atoms. The van der Waals surface area contributed by atoms with Gasteiger partial charge in [0.2, 0.25) is 0 Å². The van der Waals surface area contributed by atoms with Crippen molar-refractivity contribution in [2.45, 2.75) is 37.8 Å². The van der Waals surface area contributed by atoms with Gasteiger partial charge in [0.25, 0.3) is 0 Å². The summed E-state index contributed by atoms with van der Waals surface area (Å²) < 4.78 is 9.09. The number of nitrogens with zero attached hydrogens (tertiary/aromatic N) is 5. The first-order chi connectivity index (χ1) is 16.1. The van der Waals surface area contributed by atoms with Crippen molar-refractivity contribution >= 4 is 38.2 Å². The molecule has 0 aliphatic heterocycles. The monoisotopic (exact) mass is 456 g/mol. The zero-order valence-electron chi connectivity index (χ0n) is 17.6. The summed E-state index contributed by atoms with van der Waals surface area (Å²) in [5.41, 5.74) is 9.20. The summed E-state index contributed by atoms with van der Waals surface area (Å²) >= 11 is 1.39. The van der Waals surface area contributed by atoms with E-state index in [4.69, 9.17) is 10.2 Å². The molecule has 6 rings (SSSR count). The van der Waals surface area contributed by atoms with Crippen LogP contribution in [0.1, 0.15) is 36.6 Å². The lowest BCUT2D eigenvalue weighted by Crippen LogP contribution is -2.21. The van der Waals surface area contributed by atoms with E-state index in [-0.39, 0.29) is 12.1 Å². The first-order valence-corrected chi connectivity index (χ1v) is 11.6. The van der Waals surface area contributed by atoms with Gasteiger partial charge in [-0.3, -0.25) is 9.67 Å². The van der Waals surface area contributed by atoms with Crippen molar-refractivity contribution in [1.82, 2.24) is 19.7 Å². The molecule has 5 aromatic heterocycles. The Morgan fingerprint density at radius 1 is 1.18 bits per heavy atom. The van der Waals surface area contributed by atoms with Crippen LogP contribution in [0.2, 0.25) is 0 Å². The van der Waals surface area contributed by atoms with Gasteiger partial charge in [0.05, 0.1) is 28.6 Å². The molecule has 9 heteroatoms. The summed E-state index contributed by atoms with van der Waals surface area (Å²) in [7, 11) is 0. The molecule has 8 nitrogen and oxygen atoms in total. The second-order valence-corrected chi connectivity index (χ2v) is 9.42.